The van der Waals surface area contributed by atoms with Gasteiger partial charge in [-0.1, -0.05) is 31.2 Å². The smallest absolute Gasteiger partial charge is 0.306 e. The molecule has 1 saturated heterocycles. The SMILES string of the molecule is CC(CN1CCC(C(=O)O)CC1)c1ccc2[nH]c(-c3cc4ccccc4[nH]c3=O)nc2c1. The number of piperidine rings is 1. The molecule has 0 saturated carbocycles. The minimum atomic E-state index is -0.678. The first kappa shape index (κ1) is 20.5. The lowest BCUT2D eigenvalue weighted by Gasteiger charge is -2.32. The van der Waals surface area contributed by atoms with E-state index in [2.05, 4.69) is 33.9 Å². The number of nitrogens with zero attached hydrogens (tertiary/aromatic N) is 2. The summed E-state index contributed by atoms with van der Waals surface area (Å²) in [5, 5.41) is 10.2. The Morgan fingerprint density at radius 2 is 1.91 bits per heavy atom. The number of nitrogens with one attached hydrogen (secondary N) is 2. The lowest BCUT2D eigenvalue weighted by Crippen LogP contribution is -2.38. The van der Waals surface area contributed by atoms with Crippen molar-refractivity contribution in [2.75, 3.05) is 19.6 Å². The fraction of sp³-hybridized carbons (Fsp3) is 0.320. The molecule has 4 aromatic rings. The van der Waals surface area contributed by atoms with Crippen LogP contribution in [0.1, 0.15) is 31.2 Å². The summed E-state index contributed by atoms with van der Waals surface area (Å²) in [4.78, 5) is 37.1. The number of hydrogen-bond donors (Lipinski definition) is 3. The molecule has 0 amide bonds. The van der Waals surface area contributed by atoms with Crippen molar-refractivity contribution in [3.63, 3.8) is 0 Å². The van der Waals surface area contributed by atoms with Gasteiger partial charge in [-0.3, -0.25) is 9.59 Å². The fourth-order valence-corrected chi connectivity index (χ4v) is 4.64. The number of aromatic nitrogens is 3. The first-order chi connectivity index (χ1) is 15.5. The number of para-hydroxylation sites is 1. The van der Waals surface area contributed by atoms with Crippen LogP contribution in [0.5, 0.6) is 0 Å². The first-order valence-electron chi connectivity index (χ1n) is 11.0. The second kappa shape index (κ2) is 8.24. The second-order valence-corrected chi connectivity index (χ2v) is 8.78. The van der Waals surface area contributed by atoms with E-state index in [9.17, 15) is 14.7 Å². The van der Waals surface area contributed by atoms with E-state index in [0.717, 1.165) is 41.6 Å². The maximum absolute atomic E-state index is 12.6. The van der Waals surface area contributed by atoms with Crippen molar-refractivity contribution < 1.29 is 9.90 Å². The Balaban J connectivity index is 1.37. The molecule has 1 atom stereocenters. The summed E-state index contributed by atoms with van der Waals surface area (Å²) in [5.74, 6) is -0.0288. The van der Waals surface area contributed by atoms with Gasteiger partial charge in [-0.2, -0.15) is 0 Å². The highest BCUT2D eigenvalue weighted by molar-refractivity contribution is 5.85. The van der Waals surface area contributed by atoms with Crippen LogP contribution in [0.2, 0.25) is 0 Å². The molecule has 1 unspecified atom stereocenters. The van der Waals surface area contributed by atoms with Gasteiger partial charge in [-0.15, -0.1) is 0 Å². The van der Waals surface area contributed by atoms with Crippen LogP contribution < -0.4 is 5.56 Å². The van der Waals surface area contributed by atoms with E-state index in [0.29, 0.717) is 30.1 Å². The summed E-state index contributed by atoms with van der Waals surface area (Å²) in [7, 11) is 0. The Morgan fingerprint density at radius 1 is 1.12 bits per heavy atom. The minimum Gasteiger partial charge on any atom is -0.481 e. The molecule has 32 heavy (non-hydrogen) atoms. The quantitative estimate of drug-likeness (QED) is 0.445. The number of H-pyrrole nitrogens is 2. The number of hydrogen-bond acceptors (Lipinski definition) is 4. The summed E-state index contributed by atoms with van der Waals surface area (Å²) in [5.41, 5.74) is 4.08. The van der Waals surface area contributed by atoms with Gasteiger partial charge in [-0.25, -0.2) is 4.98 Å². The van der Waals surface area contributed by atoms with Crippen LogP contribution in [0, 0.1) is 5.92 Å². The topological polar surface area (TPSA) is 102 Å². The molecule has 0 aliphatic carbocycles. The number of pyridine rings is 1. The molecule has 0 radical (unpaired) electrons. The van der Waals surface area contributed by atoms with Gasteiger partial charge in [0.25, 0.3) is 5.56 Å². The first-order valence-corrected chi connectivity index (χ1v) is 11.0. The van der Waals surface area contributed by atoms with Crippen molar-refractivity contribution in [3.05, 3.63) is 64.4 Å². The number of rotatable bonds is 5. The van der Waals surface area contributed by atoms with Crippen LogP contribution in [0.4, 0.5) is 0 Å². The number of benzene rings is 2. The van der Waals surface area contributed by atoms with Gasteiger partial charge in [0, 0.05) is 12.1 Å². The third kappa shape index (κ3) is 3.91. The number of imidazole rings is 1. The largest absolute Gasteiger partial charge is 0.481 e. The second-order valence-electron chi connectivity index (χ2n) is 8.78. The number of aliphatic carboxylic acids is 1. The molecule has 3 N–H and O–H groups in total. The third-order valence-electron chi connectivity index (χ3n) is 6.55. The Hall–Kier alpha value is -3.45. The zero-order chi connectivity index (χ0) is 22.2. The molecule has 2 aromatic carbocycles. The molecular weight excluding hydrogens is 404 g/mol. The normalized spacial score (nSPS) is 16.5. The Bertz CT molecular complexity index is 1350. The predicted octanol–water partition coefficient (Wildman–Crippen LogP) is 3.97. The number of carboxylic acid groups (broad SMARTS) is 1. The van der Waals surface area contributed by atoms with Crippen LogP contribution in [0.3, 0.4) is 0 Å². The van der Waals surface area contributed by atoms with Crippen molar-refractivity contribution in [2.45, 2.75) is 25.7 Å². The molecule has 1 aliphatic heterocycles. The van der Waals surface area contributed by atoms with Gasteiger partial charge in [0.2, 0.25) is 0 Å². The van der Waals surface area contributed by atoms with Crippen molar-refractivity contribution in [1.29, 1.82) is 0 Å². The van der Waals surface area contributed by atoms with Gasteiger partial charge in [0.05, 0.1) is 22.5 Å². The highest BCUT2D eigenvalue weighted by atomic mass is 16.4. The van der Waals surface area contributed by atoms with Gasteiger partial charge < -0.3 is 20.0 Å². The summed E-state index contributed by atoms with van der Waals surface area (Å²) < 4.78 is 0. The summed E-state index contributed by atoms with van der Waals surface area (Å²) in [6, 6.07) is 15.8. The van der Waals surface area contributed by atoms with Crippen molar-refractivity contribution in [2.24, 2.45) is 5.92 Å². The van der Waals surface area contributed by atoms with Gasteiger partial charge in [0.1, 0.15) is 5.82 Å². The highest BCUT2D eigenvalue weighted by Crippen LogP contribution is 2.26. The predicted molar refractivity (Wildman–Crippen MR) is 125 cm³/mol. The molecule has 3 heterocycles. The number of carboxylic acids is 1. The standard InChI is InChI=1S/C25H26N4O3/c1-15(14-29-10-8-16(9-11-29)25(31)32)17-6-7-21-22(13-17)27-23(26-21)19-12-18-4-2-3-5-20(18)28-24(19)30/h2-7,12-13,15-16H,8-11,14H2,1H3,(H,26,27)(H,28,30)(H,31,32). The number of carbonyl (C=O) groups is 1. The zero-order valence-corrected chi connectivity index (χ0v) is 18.0. The summed E-state index contributed by atoms with van der Waals surface area (Å²) in [6.07, 6.45) is 1.42. The van der Waals surface area contributed by atoms with Crippen LogP contribution in [0.25, 0.3) is 33.3 Å². The fourth-order valence-electron chi connectivity index (χ4n) is 4.64. The molecule has 0 bridgehead atoms. The summed E-state index contributed by atoms with van der Waals surface area (Å²) in [6.45, 7) is 4.72. The number of likely N-dealkylation sites (tertiary alicyclic amines) is 1. The van der Waals surface area contributed by atoms with Gasteiger partial charge in [0.15, 0.2) is 0 Å². The average Bonchev–Trinajstić information content (AvgIpc) is 3.22. The van der Waals surface area contributed by atoms with E-state index >= 15 is 0 Å². The maximum Gasteiger partial charge on any atom is 0.306 e. The van der Waals surface area contributed by atoms with E-state index in [1.165, 1.54) is 5.56 Å². The van der Waals surface area contributed by atoms with E-state index in [-0.39, 0.29) is 11.5 Å². The van der Waals surface area contributed by atoms with E-state index in [1.54, 1.807) is 0 Å². The molecule has 164 valence electrons. The van der Waals surface area contributed by atoms with E-state index in [1.807, 2.05) is 36.4 Å². The van der Waals surface area contributed by atoms with E-state index in [4.69, 9.17) is 4.98 Å². The van der Waals surface area contributed by atoms with Crippen molar-refractivity contribution in [1.82, 2.24) is 19.9 Å². The van der Waals surface area contributed by atoms with Crippen LogP contribution in [0.15, 0.2) is 53.3 Å². The van der Waals surface area contributed by atoms with Crippen molar-refractivity contribution >= 4 is 27.9 Å². The minimum absolute atomic E-state index is 0.166. The highest BCUT2D eigenvalue weighted by Gasteiger charge is 2.25. The summed E-state index contributed by atoms with van der Waals surface area (Å²) >= 11 is 0. The Morgan fingerprint density at radius 3 is 2.69 bits per heavy atom. The molecule has 0 spiro atoms. The monoisotopic (exact) mass is 430 g/mol. The van der Waals surface area contributed by atoms with Gasteiger partial charge >= 0.3 is 5.97 Å². The van der Waals surface area contributed by atoms with Crippen LogP contribution >= 0.6 is 0 Å². The molecule has 1 fully saturated rings. The molecule has 5 rings (SSSR count). The Kier molecular flexibility index (Phi) is 5.27. The number of aromatic amines is 2. The molecule has 2 aromatic heterocycles. The molecule has 7 nitrogen and oxygen atoms in total. The maximum atomic E-state index is 12.6. The molecule has 7 heteroatoms. The number of fused-ring (bicyclic) bond motifs is 2. The zero-order valence-electron chi connectivity index (χ0n) is 18.0. The average molecular weight is 431 g/mol. The van der Waals surface area contributed by atoms with E-state index < -0.39 is 5.97 Å². The Labute approximate surface area is 185 Å². The van der Waals surface area contributed by atoms with Crippen LogP contribution in [-0.4, -0.2) is 50.6 Å². The molecular formula is C25H26N4O3. The van der Waals surface area contributed by atoms with Gasteiger partial charge in [-0.05, 0) is 67.1 Å². The third-order valence-corrected chi connectivity index (χ3v) is 6.55. The lowest BCUT2D eigenvalue weighted by molar-refractivity contribution is -0.143. The molecule has 1 aliphatic rings. The lowest BCUT2D eigenvalue weighted by atomic mass is 9.94. The van der Waals surface area contributed by atoms with Crippen LogP contribution in [-0.2, 0) is 4.79 Å². The van der Waals surface area contributed by atoms with Crippen molar-refractivity contribution in [3.8, 4) is 11.4 Å².